The molecule has 6 nitrogen and oxygen atoms in total. The summed E-state index contributed by atoms with van der Waals surface area (Å²) in [6.45, 7) is 5.10. The van der Waals surface area contributed by atoms with E-state index < -0.39 is 29.8 Å². The summed E-state index contributed by atoms with van der Waals surface area (Å²) in [6, 6.07) is 8.83. The molecule has 0 aliphatic rings. The number of alkyl halides is 1. The van der Waals surface area contributed by atoms with Gasteiger partial charge in [-0.1, -0.05) is 30.3 Å². The maximum atomic E-state index is 11.4. The lowest BCUT2D eigenvalue weighted by atomic mass is 9.83. The first-order chi connectivity index (χ1) is 11.7. The second-order valence-electron chi connectivity index (χ2n) is 6.77. The summed E-state index contributed by atoms with van der Waals surface area (Å²) >= 11 is 5.83. The van der Waals surface area contributed by atoms with E-state index in [4.69, 9.17) is 22.1 Å². The predicted molar refractivity (Wildman–Crippen MR) is 97.6 cm³/mol. The molecule has 0 saturated carbocycles. The second kappa shape index (κ2) is 9.75. The lowest BCUT2D eigenvalue weighted by molar-refractivity contribution is -0.121. The number of primary amides is 1. The van der Waals surface area contributed by atoms with Gasteiger partial charge >= 0.3 is 6.09 Å². The zero-order valence-electron chi connectivity index (χ0n) is 14.8. The highest BCUT2D eigenvalue weighted by Crippen LogP contribution is 2.24. The first-order valence-electron chi connectivity index (χ1n) is 8.17. The molecular formula is C18H27ClN2O4. The van der Waals surface area contributed by atoms with Crippen molar-refractivity contribution in [2.45, 2.75) is 51.5 Å². The Morgan fingerprint density at radius 1 is 1.40 bits per heavy atom. The van der Waals surface area contributed by atoms with Gasteiger partial charge in [0.15, 0.2) is 0 Å². The standard InChI is InChI=1S/C18H27ClN2O4/c1-12(16(25-17(20)24)18(2,3)11-22)21-14(15(23)10-19)9-13-7-5-4-6-8-13/h4-8,11-12,14-16,21,23H,9-10H2,1-3H3,(H2,20,24)/t12?,14-,15-,16+/m0/s1. The van der Waals surface area contributed by atoms with E-state index >= 15 is 0 Å². The maximum absolute atomic E-state index is 11.4. The molecule has 4 N–H and O–H groups in total. The van der Waals surface area contributed by atoms with E-state index in [-0.39, 0.29) is 11.9 Å². The van der Waals surface area contributed by atoms with Gasteiger partial charge in [0.25, 0.3) is 0 Å². The molecule has 0 radical (unpaired) electrons. The molecule has 25 heavy (non-hydrogen) atoms. The molecule has 0 aromatic heterocycles. The van der Waals surface area contributed by atoms with Crippen LogP contribution in [0, 0.1) is 5.41 Å². The van der Waals surface area contributed by atoms with Crippen LogP contribution in [0.4, 0.5) is 4.79 Å². The average molecular weight is 371 g/mol. The molecule has 1 amide bonds. The van der Waals surface area contributed by atoms with Crippen molar-refractivity contribution >= 4 is 24.0 Å². The van der Waals surface area contributed by atoms with E-state index in [2.05, 4.69) is 5.32 Å². The van der Waals surface area contributed by atoms with Gasteiger partial charge in [0.2, 0.25) is 0 Å². The summed E-state index contributed by atoms with van der Waals surface area (Å²) in [5.41, 5.74) is 5.23. The van der Waals surface area contributed by atoms with Gasteiger partial charge in [0.05, 0.1) is 11.5 Å². The number of rotatable bonds is 10. The summed E-state index contributed by atoms with van der Waals surface area (Å²) in [5, 5.41) is 13.5. The van der Waals surface area contributed by atoms with Crippen LogP contribution in [0.3, 0.4) is 0 Å². The number of benzene rings is 1. The third-order valence-corrected chi connectivity index (χ3v) is 4.45. The summed E-state index contributed by atoms with van der Waals surface area (Å²) in [4.78, 5) is 22.6. The Morgan fingerprint density at radius 2 is 2.00 bits per heavy atom. The van der Waals surface area contributed by atoms with Gasteiger partial charge in [-0.05, 0) is 32.8 Å². The predicted octanol–water partition coefficient (Wildman–Crippen LogP) is 1.86. The number of hydrogen-bond donors (Lipinski definition) is 3. The number of nitrogens with one attached hydrogen (secondary N) is 1. The van der Waals surface area contributed by atoms with E-state index in [1.807, 2.05) is 30.3 Å². The molecule has 0 heterocycles. The highest BCUT2D eigenvalue weighted by atomic mass is 35.5. The van der Waals surface area contributed by atoms with Gasteiger partial charge in [0.1, 0.15) is 12.4 Å². The number of amides is 1. The van der Waals surface area contributed by atoms with Crippen molar-refractivity contribution in [3.63, 3.8) is 0 Å². The second-order valence-corrected chi connectivity index (χ2v) is 7.08. The summed E-state index contributed by atoms with van der Waals surface area (Å²) in [7, 11) is 0. The number of halogens is 1. The highest BCUT2D eigenvalue weighted by molar-refractivity contribution is 6.18. The lowest BCUT2D eigenvalue weighted by Crippen LogP contribution is -2.55. The highest BCUT2D eigenvalue weighted by Gasteiger charge is 2.38. The molecule has 0 bridgehead atoms. The van der Waals surface area contributed by atoms with E-state index in [0.717, 1.165) is 11.8 Å². The minimum atomic E-state index is -0.953. The summed E-state index contributed by atoms with van der Waals surface area (Å²) < 4.78 is 5.16. The molecule has 1 aromatic rings. The fourth-order valence-electron chi connectivity index (χ4n) is 2.80. The Hall–Kier alpha value is -1.63. The maximum Gasteiger partial charge on any atom is 0.404 e. The van der Waals surface area contributed by atoms with Crippen molar-refractivity contribution in [2.75, 3.05) is 5.88 Å². The minimum absolute atomic E-state index is 0.0512. The molecular weight excluding hydrogens is 344 g/mol. The number of hydrogen-bond acceptors (Lipinski definition) is 5. The molecule has 7 heteroatoms. The van der Waals surface area contributed by atoms with Crippen LogP contribution in [-0.4, -0.2) is 47.7 Å². The van der Waals surface area contributed by atoms with E-state index in [1.54, 1.807) is 20.8 Å². The van der Waals surface area contributed by atoms with Crippen molar-refractivity contribution in [1.82, 2.24) is 5.32 Å². The van der Waals surface area contributed by atoms with Crippen LogP contribution in [0.1, 0.15) is 26.3 Å². The molecule has 0 spiro atoms. The van der Waals surface area contributed by atoms with Crippen molar-refractivity contribution in [3.8, 4) is 0 Å². The van der Waals surface area contributed by atoms with Gasteiger partial charge in [-0.25, -0.2) is 4.79 Å². The Kier molecular flexibility index (Phi) is 8.35. The Labute approximate surface area is 153 Å². The van der Waals surface area contributed by atoms with E-state index in [0.29, 0.717) is 6.42 Å². The number of aliphatic hydroxyl groups is 1. The first kappa shape index (κ1) is 21.4. The molecule has 0 aliphatic heterocycles. The molecule has 0 saturated heterocycles. The monoisotopic (exact) mass is 370 g/mol. The molecule has 140 valence electrons. The fourth-order valence-corrected chi connectivity index (χ4v) is 3.01. The lowest BCUT2D eigenvalue weighted by Gasteiger charge is -2.36. The van der Waals surface area contributed by atoms with Crippen LogP contribution in [0.5, 0.6) is 0 Å². The Balaban J connectivity index is 2.95. The molecule has 1 unspecified atom stereocenters. The largest absolute Gasteiger partial charge is 0.444 e. The smallest absolute Gasteiger partial charge is 0.404 e. The Morgan fingerprint density at radius 3 is 2.48 bits per heavy atom. The minimum Gasteiger partial charge on any atom is -0.444 e. The fraction of sp³-hybridized carbons (Fsp3) is 0.556. The number of ether oxygens (including phenoxy) is 1. The number of aliphatic hydroxyl groups excluding tert-OH is 1. The van der Waals surface area contributed by atoms with Crippen LogP contribution in [0.2, 0.25) is 0 Å². The zero-order chi connectivity index (χ0) is 19.0. The van der Waals surface area contributed by atoms with E-state index in [1.165, 1.54) is 0 Å². The SMILES string of the molecule is CC(N[C@@H](Cc1ccccc1)[C@@H](O)CCl)[C@@H](OC(N)=O)C(C)(C)C=O. The van der Waals surface area contributed by atoms with E-state index in [9.17, 15) is 14.7 Å². The Bertz CT molecular complexity index is 553. The molecule has 1 aromatic carbocycles. The summed E-state index contributed by atoms with van der Waals surface area (Å²) in [5.74, 6) is 0.0512. The molecule has 0 fully saturated rings. The molecule has 0 aliphatic carbocycles. The number of nitrogens with two attached hydrogens (primary N) is 1. The van der Waals surface area contributed by atoms with Gasteiger partial charge < -0.3 is 25.7 Å². The van der Waals surface area contributed by atoms with Gasteiger partial charge in [-0.3, -0.25) is 0 Å². The third-order valence-electron chi connectivity index (χ3n) is 4.13. The average Bonchev–Trinajstić information content (AvgIpc) is 2.58. The number of aldehydes is 1. The van der Waals surface area contributed by atoms with Gasteiger partial charge in [-0.15, -0.1) is 11.6 Å². The van der Waals surface area contributed by atoms with Crippen LogP contribution < -0.4 is 11.1 Å². The van der Waals surface area contributed by atoms with Gasteiger partial charge in [-0.2, -0.15) is 0 Å². The quantitative estimate of drug-likeness (QED) is 0.431. The first-order valence-corrected chi connectivity index (χ1v) is 8.71. The van der Waals surface area contributed by atoms with Crippen molar-refractivity contribution < 1.29 is 19.4 Å². The van der Waals surface area contributed by atoms with Crippen LogP contribution in [-0.2, 0) is 16.0 Å². The number of carbonyl (C=O) groups excluding carboxylic acids is 2. The van der Waals surface area contributed by atoms with Gasteiger partial charge in [0, 0.05) is 18.0 Å². The van der Waals surface area contributed by atoms with Crippen molar-refractivity contribution in [2.24, 2.45) is 11.1 Å². The van der Waals surface area contributed by atoms with Crippen molar-refractivity contribution in [3.05, 3.63) is 35.9 Å². The zero-order valence-corrected chi connectivity index (χ0v) is 15.6. The molecule has 4 atom stereocenters. The molecule has 1 rings (SSSR count). The topological polar surface area (TPSA) is 102 Å². The van der Waals surface area contributed by atoms with Crippen LogP contribution >= 0.6 is 11.6 Å². The van der Waals surface area contributed by atoms with Crippen LogP contribution in [0.15, 0.2) is 30.3 Å². The normalized spacial score (nSPS) is 16.5. The number of carbonyl (C=O) groups is 2. The third kappa shape index (κ3) is 6.65. The summed E-state index contributed by atoms with van der Waals surface area (Å²) in [6.07, 6.45) is -1.29. The van der Waals surface area contributed by atoms with Crippen LogP contribution in [0.25, 0.3) is 0 Å². The van der Waals surface area contributed by atoms with Crippen molar-refractivity contribution in [1.29, 1.82) is 0 Å².